The molecule has 0 unspecified atom stereocenters. The Kier molecular flexibility index (Phi) is 7.17. The van der Waals surface area contributed by atoms with Crippen LogP contribution in [-0.2, 0) is 0 Å². The average molecular weight is 702 g/mol. The molecule has 0 radical (unpaired) electrons. The summed E-state index contributed by atoms with van der Waals surface area (Å²) in [7, 11) is 0. The smallest absolute Gasteiger partial charge is 0.0562 e. The van der Waals surface area contributed by atoms with Crippen molar-refractivity contribution in [1.29, 1.82) is 0 Å². The van der Waals surface area contributed by atoms with E-state index in [9.17, 15) is 0 Å². The van der Waals surface area contributed by atoms with E-state index in [2.05, 4.69) is 226 Å². The zero-order valence-corrected chi connectivity index (χ0v) is 30.0. The molecule has 55 heavy (non-hydrogen) atoms. The molecular weight excluding hydrogens is 667 g/mol. The van der Waals surface area contributed by atoms with Gasteiger partial charge in [0.1, 0.15) is 0 Å². The molecule has 0 aliphatic rings. The third kappa shape index (κ3) is 4.98. The lowest BCUT2D eigenvalue weighted by Crippen LogP contribution is -2.11. The fraction of sp³-hybridized carbons (Fsp3) is 0. The highest BCUT2D eigenvalue weighted by Gasteiger charge is 2.23. The summed E-state index contributed by atoms with van der Waals surface area (Å²) < 4.78 is 4.85. The minimum absolute atomic E-state index is 1.09. The first kappa shape index (κ1) is 31.2. The Morgan fingerprint density at radius 1 is 0.327 bits per heavy atom. The lowest BCUT2D eigenvalue weighted by molar-refractivity contribution is 1.18. The second-order valence-electron chi connectivity index (χ2n) is 14.2. The second kappa shape index (κ2) is 12.6. The topological polar surface area (TPSA) is 13.1 Å². The monoisotopic (exact) mass is 701 g/mol. The van der Waals surface area contributed by atoms with Crippen molar-refractivity contribution in [1.82, 2.24) is 9.13 Å². The maximum Gasteiger partial charge on any atom is 0.0562 e. The molecule has 0 spiro atoms. The molecule has 0 aliphatic carbocycles. The van der Waals surface area contributed by atoms with Crippen LogP contribution in [0.4, 0.5) is 17.1 Å². The summed E-state index contributed by atoms with van der Waals surface area (Å²) in [6.45, 7) is 0. The van der Waals surface area contributed by atoms with Crippen LogP contribution in [0, 0.1) is 0 Å². The Hall–Kier alpha value is -7.36. The van der Waals surface area contributed by atoms with E-state index in [1.165, 1.54) is 71.2 Å². The number of hydrogen-bond acceptors (Lipinski definition) is 1. The Balaban J connectivity index is 1.23. The fourth-order valence-corrected chi connectivity index (χ4v) is 8.69. The van der Waals surface area contributed by atoms with Crippen molar-refractivity contribution in [2.24, 2.45) is 0 Å². The number of rotatable bonds is 6. The molecule has 2 aromatic heterocycles. The first-order valence-electron chi connectivity index (χ1n) is 18.9. The first-order valence-corrected chi connectivity index (χ1v) is 18.9. The summed E-state index contributed by atoms with van der Waals surface area (Å²) in [4.78, 5) is 2.46. The number of nitrogens with zero attached hydrogens (tertiary/aromatic N) is 3. The molecule has 0 amide bonds. The normalized spacial score (nSPS) is 11.6. The van der Waals surface area contributed by atoms with Crippen molar-refractivity contribution in [3.63, 3.8) is 0 Å². The zero-order valence-electron chi connectivity index (χ0n) is 30.0. The number of fused-ring (bicyclic) bond motifs is 7. The van der Waals surface area contributed by atoms with Gasteiger partial charge in [-0.2, -0.15) is 0 Å². The van der Waals surface area contributed by atoms with Crippen LogP contribution in [0.2, 0.25) is 0 Å². The van der Waals surface area contributed by atoms with E-state index >= 15 is 0 Å². The quantitative estimate of drug-likeness (QED) is 0.168. The van der Waals surface area contributed by atoms with E-state index in [0.717, 1.165) is 22.7 Å². The number of benzene rings is 9. The third-order valence-electron chi connectivity index (χ3n) is 11.1. The summed E-state index contributed by atoms with van der Waals surface area (Å²) in [5.74, 6) is 0. The summed E-state index contributed by atoms with van der Waals surface area (Å²) in [5.41, 5.74) is 12.7. The Morgan fingerprint density at radius 3 is 1.75 bits per heavy atom. The molecule has 0 saturated heterocycles. The minimum atomic E-state index is 1.09. The lowest BCUT2D eigenvalue weighted by Gasteiger charge is -2.27. The van der Waals surface area contributed by atoms with Gasteiger partial charge >= 0.3 is 0 Å². The molecule has 0 aliphatic heterocycles. The Bertz CT molecular complexity index is 3200. The van der Waals surface area contributed by atoms with Gasteiger partial charge in [-0.1, -0.05) is 146 Å². The van der Waals surface area contributed by atoms with Gasteiger partial charge < -0.3 is 14.0 Å². The van der Waals surface area contributed by atoms with Gasteiger partial charge in [-0.25, -0.2) is 0 Å². The Morgan fingerprint density at radius 2 is 0.909 bits per heavy atom. The van der Waals surface area contributed by atoms with Gasteiger partial charge in [0.05, 0.1) is 33.4 Å². The van der Waals surface area contributed by atoms with E-state index in [1.807, 2.05) is 0 Å². The van der Waals surface area contributed by atoms with Crippen molar-refractivity contribution in [3.05, 3.63) is 212 Å². The van der Waals surface area contributed by atoms with Crippen molar-refractivity contribution >= 4 is 71.4 Å². The van der Waals surface area contributed by atoms with E-state index in [1.54, 1.807) is 0 Å². The molecule has 0 saturated carbocycles. The SMILES string of the molecule is c1ccc(-c2cccc(N(c3ccc4c5ccccc5n(-c5ccccc5)c4c3)c3cccc4c3c3ccccc3n4-c3cccc4ccccc34)c2)cc1. The largest absolute Gasteiger partial charge is 0.310 e. The van der Waals surface area contributed by atoms with Gasteiger partial charge in [-0.05, 0) is 83.2 Å². The number of hydrogen-bond donors (Lipinski definition) is 0. The van der Waals surface area contributed by atoms with E-state index < -0.39 is 0 Å². The molecule has 0 bridgehead atoms. The predicted molar refractivity (Wildman–Crippen MR) is 233 cm³/mol. The van der Waals surface area contributed by atoms with Gasteiger partial charge in [0, 0.05) is 44.0 Å². The van der Waals surface area contributed by atoms with Crippen molar-refractivity contribution in [2.45, 2.75) is 0 Å². The Labute approximate surface area is 319 Å². The highest BCUT2D eigenvalue weighted by atomic mass is 15.2. The first-order chi connectivity index (χ1) is 27.3. The molecule has 3 nitrogen and oxygen atoms in total. The number of anilines is 3. The number of para-hydroxylation sites is 3. The van der Waals surface area contributed by atoms with Crippen LogP contribution in [0.15, 0.2) is 212 Å². The fourth-order valence-electron chi connectivity index (χ4n) is 8.69. The third-order valence-corrected chi connectivity index (χ3v) is 11.1. The minimum Gasteiger partial charge on any atom is -0.310 e. The van der Waals surface area contributed by atoms with Crippen molar-refractivity contribution < 1.29 is 0 Å². The lowest BCUT2D eigenvalue weighted by atomic mass is 10.0. The van der Waals surface area contributed by atoms with Crippen molar-refractivity contribution in [2.75, 3.05) is 4.90 Å². The molecule has 11 rings (SSSR count). The summed E-state index contributed by atoms with van der Waals surface area (Å²) in [6, 6.07) is 77.0. The molecule has 0 N–H and O–H groups in total. The van der Waals surface area contributed by atoms with Gasteiger partial charge in [-0.15, -0.1) is 0 Å². The molecule has 2 heterocycles. The molecule has 0 atom stereocenters. The maximum atomic E-state index is 2.46. The van der Waals surface area contributed by atoms with E-state index in [0.29, 0.717) is 0 Å². The standard InChI is InChI=1S/C52H35N3/c1-3-16-36(17-4-1)38-20-13-23-40(34-38)53(41-32-33-44-43-25-9-11-27-47(43)54(51(44)35-41)39-21-5-2-6-22-39)49-30-15-31-50-52(49)45-26-10-12-28-48(45)55(50)46-29-14-19-37-18-7-8-24-42(37)46/h1-35H. The maximum absolute atomic E-state index is 2.46. The molecule has 9 aromatic carbocycles. The van der Waals surface area contributed by atoms with Crippen molar-refractivity contribution in [3.8, 4) is 22.5 Å². The highest BCUT2D eigenvalue weighted by Crippen LogP contribution is 2.46. The summed E-state index contributed by atoms with van der Waals surface area (Å²) in [5, 5.41) is 7.34. The summed E-state index contributed by atoms with van der Waals surface area (Å²) in [6.07, 6.45) is 0. The van der Waals surface area contributed by atoms with Gasteiger partial charge in [-0.3, -0.25) is 0 Å². The molecule has 11 aromatic rings. The van der Waals surface area contributed by atoms with Gasteiger partial charge in [0.15, 0.2) is 0 Å². The van der Waals surface area contributed by atoms with Crippen LogP contribution in [0.3, 0.4) is 0 Å². The molecule has 258 valence electrons. The van der Waals surface area contributed by atoms with Crippen LogP contribution in [0.25, 0.3) is 76.9 Å². The predicted octanol–water partition coefficient (Wildman–Crippen LogP) is 14.2. The van der Waals surface area contributed by atoms with E-state index in [4.69, 9.17) is 0 Å². The zero-order chi connectivity index (χ0) is 36.3. The van der Waals surface area contributed by atoms with Crippen LogP contribution in [0.1, 0.15) is 0 Å². The molecule has 3 heteroatoms. The van der Waals surface area contributed by atoms with Crippen LogP contribution in [0.5, 0.6) is 0 Å². The number of aromatic nitrogens is 2. The average Bonchev–Trinajstić information content (AvgIpc) is 3.77. The molecule has 0 fully saturated rings. The second-order valence-corrected chi connectivity index (χ2v) is 14.2. The van der Waals surface area contributed by atoms with Gasteiger partial charge in [0.2, 0.25) is 0 Å². The highest BCUT2D eigenvalue weighted by molar-refractivity contribution is 6.18. The van der Waals surface area contributed by atoms with Gasteiger partial charge in [0.25, 0.3) is 0 Å². The van der Waals surface area contributed by atoms with Crippen LogP contribution in [-0.4, -0.2) is 9.13 Å². The van der Waals surface area contributed by atoms with Crippen LogP contribution < -0.4 is 4.90 Å². The van der Waals surface area contributed by atoms with Crippen LogP contribution >= 0.6 is 0 Å². The molecular formula is C52H35N3. The summed E-state index contributed by atoms with van der Waals surface area (Å²) >= 11 is 0. The van der Waals surface area contributed by atoms with E-state index in [-0.39, 0.29) is 0 Å².